The number of rotatable bonds is 4. The number of nitriles is 2. The van der Waals surface area contributed by atoms with Gasteiger partial charge < -0.3 is 10.5 Å². The summed E-state index contributed by atoms with van der Waals surface area (Å²) >= 11 is 1.40. The van der Waals surface area contributed by atoms with Gasteiger partial charge in [-0.25, -0.2) is 4.98 Å². The average molecular weight is 296 g/mol. The average Bonchev–Trinajstić information content (AvgIpc) is 2.53. The van der Waals surface area contributed by atoms with Crippen molar-refractivity contribution < 1.29 is 4.74 Å². The minimum atomic E-state index is 0.143. The molecular formula is C15H12N4OS. The van der Waals surface area contributed by atoms with E-state index in [2.05, 4.69) is 4.98 Å². The van der Waals surface area contributed by atoms with Gasteiger partial charge in [-0.1, -0.05) is 12.1 Å². The van der Waals surface area contributed by atoms with E-state index in [0.29, 0.717) is 16.3 Å². The molecule has 2 N–H and O–H groups in total. The summed E-state index contributed by atoms with van der Waals surface area (Å²) in [5.41, 5.74) is 7.32. The van der Waals surface area contributed by atoms with Crippen molar-refractivity contribution in [1.29, 1.82) is 10.5 Å². The number of aromatic nitrogens is 1. The van der Waals surface area contributed by atoms with Crippen LogP contribution in [0.3, 0.4) is 0 Å². The van der Waals surface area contributed by atoms with Crippen molar-refractivity contribution in [3.8, 4) is 17.9 Å². The monoisotopic (exact) mass is 296 g/mol. The number of thioether (sulfide) groups is 1. The van der Waals surface area contributed by atoms with Crippen LogP contribution in [0.2, 0.25) is 0 Å². The molecule has 1 aromatic carbocycles. The van der Waals surface area contributed by atoms with Gasteiger partial charge in [-0.05, 0) is 23.8 Å². The zero-order chi connectivity index (χ0) is 15.2. The van der Waals surface area contributed by atoms with Crippen LogP contribution in [0.4, 0.5) is 5.82 Å². The van der Waals surface area contributed by atoms with Crippen LogP contribution in [0.5, 0.6) is 5.75 Å². The van der Waals surface area contributed by atoms with E-state index >= 15 is 0 Å². The van der Waals surface area contributed by atoms with Gasteiger partial charge in [-0.15, -0.1) is 11.8 Å². The van der Waals surface area contributed by atoms with Crippen molar-refractivity contribution in [3.63, 3.8) is 0 Å². The molecule has 1 aromatic heterocycles. The van der Waals surface area contributed by atoms with Gasteiger partial charge >= 0.3 is 0 Å². The fourth-order valence-electron chi connectivity index (χ4n) is 1.70. The van der Waals surface area contributed by atoms with Crippen LogP contribution in [0.25, 0.3) is 0 Å². The molecule has 5 nitrogen and oxygen atoms in total. The number of nitrogen functional groups attached to an aromatic ring is 1. The van der Waals surface area contributed by atoms with E-state index in [-0.39, 0.29) is 11.4 Å². The lowest BCUT2D eigenvalue weighted by Gasteiger charge is -2.07. The van der Waals surface area contributed by atoms with Crippen LogP contribution in [0.1, 0.15) is 16.7 Å². The van der Waals surface area contributed by atoms with Gasteiger partial charge in [0, 0.05) is 5.75 Å². The minimum Gasteiger partial charge on any atom is -0.497 e. The van der Waals surface area contributed by atoms with Crippen LogP contribution in [0, 0.1) is 22.7 Å². The molecule has 0 saturated heterocycles. The third-order valence-corrected chi connectivity index (χ3v) is 3.83. The standard InChI is InChI=1S/C15H12N4OS/c1-20-13-4-2-3-10(5-13)9-21-15-12(8-17)6-11(7-16)14(18)19-15/h2-6H,9H2,1H3,(H2,18,19). The molecule has 0 aliphatic heterocycles. The maximum Gasteiger partial charge on any atom is 0.142 e. The van der Waals surface area contributed by atoms with Crippen LogP contribution in [0.15, 0.2) is 35.4 Å². The lowest BCUT2D eigenvalue weighted by molar-refractivity contribution is 0.414. The largest absolute Gasteiger partial charge is 0.497 e. The molecule has 0 aliphatic carbocycles. The highest BCUT2D eigenvalue weighted by Crippen LogP contribution is 2.27. The first-order chi connectivity index (χ1) is 10.2. The summed E-state index contributed by atoms with van der Waals surface area (Å²) < 4.78 is 5.17. The van der Waals surface area contributed by atoms with Crippen LogP contribution in [-0.4, -0.2) is 12.1 Å². The molecule has 0 unspecified atom stereocenters. The van der Waals surface area contributed by atoms with Crippen LogP contribution >= 0.6 is 11.8 Å². The second-order valence-corrected chi connectivity index (χ2v) is 5.10. The highest BCUT2D eigenvalue weighted by atomic mass is 32.2. The molecule has 6 heteroatoms. The molecular weight excluding hydrogens is 284 g/mol. The van der Waals surface area contributed by atoms with Crippen molar-refractivity contribution >= 4 is 17.6 Å². The quantitative estimate of drug-likeness (QED) is 0.871. The van der Waals surface area contributed by atoms with Crippen LogP contribution in [-0.2, 0) is 5.75 Å². The molecule has 104 valence electrons. The second-order valence-electron chi connectivity index (χ2n) is 4.14. The van der Waals surface area contributed by atoms with Gasteiger partial charge in [0.05, 0.1) is 18.2 Å². The Morgan fingerprint density at radius 3 is 2.67 bits per heavy atom. The van der Waals surface area contributed by atoms with Crippen molar-refractivity contribution in [2.75, 3.05) is 12.8 Å². The van der Waals surface area contributed by atoms with Gasteiger partial charge in [0.15, 0.2) is 0 Å². The molecule has 0 atom stereocenters. The summed E-state index contributed by atoms with van der Waals surface area (Å²) in [6.45, 7) is 0. The molecule has 2 rings (SSSR count). The summed E-state index contributed by atoms with van der Waals surface area (Å²) in [7, 11) is 1.61. The highest BCUT2D eigenvalue weighted by molar-refractivity contribution is 7.98. The van der Waals surface area contributed by atoms with Crippen molar-refractivity contribution in [2.45, 2.75) is 10.8 Å². The second kappa shape index (κ2) is 6.65. The number of nitrogens with two attached hydrogens (primary N) is 1. The number of benzene rings is 1. The Morgan fingerprint density at radius 2 is 2.00 bits per heavy atom. The number of ether oxygens (including phenoxy) is 1. The fourth-order valence-corrected chi connectivity index (χ4v) is 2.61. The van der Waals surface area contributed by atoms with Crippen LogP contribution < -0.4 is 10.5 Å². The van der Waals surface area contributed by atoms with Gasteiger partial charge in [-0.3, -0.25) is 0 Å². The van der Waals surface area contributed by atoms with E-state index < -0.39 is 0 Å². The zero-order valence-corrected chi connectivity index (χ0v) is 12.1. The Hall–Kier alpha value is -2.70. The van der Waals surface area contributed by atoms with Gasteiger partial charge in [-0.2, -0.15) is 10.5 Å². The Bertz CT molecular complexity index is 746. The molecule has 0 radical (unpaired) electrons. The topological polar surface area (TPSA) is 95.7 Å². The SMILES string of the molecule is COc1cccc(CSc2nc(N)c(C#N)cc2C#N)c1. The van der Waals surface area contributed by atoms with Gasteiger partial charge in [0.2, 0.25) is 0 Å². The van der Waals surface area contributed by atoms with Crippen molar-refractivity contribution in [1.82, 2.24) is 4.98 Å². The summed E-state index contributed by atoms with van der Waals surface area (Å²) in [6.07, 6.45) is 0. The summed E-state index contributed by atoms with van der Waals surface area (Å²) in [6, 6.07) is 13.1. The Morgan fingerprint density at radius 1 is 1.24 bits per heavy atom. The van der Waals surface area contributed by atoms with E-state index in [1.807, 2.05) is 36.4 Å². The van der Waals surface area contributed by atoms with E-state index in [9.17, 15) is 0 Å². The smallest absolute Gasteiger partial charge is 0.142 e. The van der Waals surface area contributed by atoms with Crippen molar-refractivity contribution in [3.05, 3.63) is 47.0 Å². The molecule has 21 heavy (non-hydrogen) atoms. The van der Waals surface area contributed by atoms with E-state index in [1.54, 1.807) is 7.11 Å². The number of nitrogens with zero attached hydrogens (tertiary/aromatic N) is 3. The lowest BCUT2D eigenvalue weighted by atomic mass is 10.2. The first-order valence-electron chi connectivity index (χ1n) is 6.04. The molecule has 0 amide bonds. The van der Waals surface area contributed by atoms with Gasteiger partial charge in [0.1, 0.15) is 28.7 Å². The number of hydrogen-bond donors (Lipinski definition) is 1. The molecule has 1 heterocycles. The maximum atomic E-state index is 9.14. The minimum absolute atomic E-state index is 0.143. The Kier molecular flexibility index (Phi) is 4.65. The fraction of sp³-hybridized carbons (Fsp3) is 0.133. The third-order valence-electron chi connectivity index (χ3n) is 2.77. The molecule has 0 aliphatic rings. The predicted octanol–water partition coefficient (Wildman–Crippen LogP) is 2.71. The summed E-state index contributed by atoms with van der Waals surface area (Å²) in [5, 5.41) is 18.6. The molecule has 2 aromatic rings. The van der Waals surface area contributed by atoms with Gasteiger partial charge in [0.25, 0.3) is 0 Å². The molecule has 0 bridgehead atoms. The van der Waals surface area contributed by atoms with E-state index in [0.717, 1.165) is 11.3 Å². The van der Waals surface area contributed by atoms with E-state index in [4.69, 9.17) is 21.0 Å². The number of hydrogen-bond acceptors (Lipinski definition) is 6. The Labute approximate surface area is 127 Å². The number of methoxy groups -OCH3 is 1. The number of pyridine rings is 1. The summed E-state index contributed by atoms with van der Waals surface area (Å²) in [5.74, 6) is 1.55. The molecule has 0 spiro atoms. The maximum absolute atomic E-state index is 9.14. The van der Waals surface area contributed by atoms with Crippen molar-refractivity contribution in [2.24, 2.45) is 0 Å². The lowest BCUT2D eigenvalue weighted by Crippen LogP contribution is -1.99. The number of anilines is 1. The molecule has 0 saturated carbocycles. The van der Waals surface area contributed by atoms with E-state index in [1.165, 1.54) is 17.8 Å². The first kappa shape index (κ1) is 14.7. The zero-order valence-electron chi connectivity index (χ0n) is 11.3. The highest BCUT2D eigenvalue weighted by Gasteiger charge is 2.10. The third kappa shape index (κ3) is 3.44. The summed E-state index contributed by atoms with van der Waals surface area (Å²) in [4.78, 5) is 4.14. The first-order valence-corrected chi connectivity index (χ1v) is 7.03. The normalized spacial score (nSPS) is 9.67. The Balaban J connectivity index is 2.22. The predicted molar refractivity (Wildman–Crippen MR) is 80.6 cm³/mol. The molecule has 0 fully saturated rings.